The molecule has 4 nitrogen and oxygen atoms in total. The third kappa shape index (κ3) is 1.68. The lowest BCUT2D eigenvalue weighted by Crippen LogP contribution is -2.13. The summed E-state index contributed by atoms with van der Waals surface area (Å²) in [5.74, 6) is 0. The van der Waals surface area contributed by atoms with Crippen molar-refractivity contribution in [3.63, 3.8) is 0 Å². The van der Waals surface area contributed by atoms with Gasteiger partial charge in [-0.05, 0) is 12.8 Å². The Kier molecular flexibility index (Phi) is 2.65. The molecule has 0 aromatic rings. The van der Waals surface area contributed by atoms with Crippen molar-refractivity contribution in [2.45, 2.75) is 25.2 Å². The van der Waals surface area contributed by atoms with Gasteiger partial charge in [0, 0.05) is 0 Å². The maximum Gasteiger partial charge on any atom is 0.150 e. The zero-order chi connectivity index (χ0) is 7.40. The van der Waals surface area contributed by atoms with Crippen molar-refractivity contribution in [2.24, 2.45) is 10.7 Å². The molecule has 1 aliphatic heterocycles. The van der Waals surface area contributed by atoms with Crippen LogP contribution < -0.4 is 5.73 Å². The van der Waals surface area contributed by atoms with Gasteiger partial charge in [0.05, 0.1) is 19.0 Å². The number of hydrogen-bond acceptors (Lipinski definition) is 3. The van der Waals surface area contributed by atoms with Crippen molar-refractivity contribution in [2.75, 3.05) is 6.61 Å². The minimum atomic E-state index is -0.123. The van der Waals surface area contributed by atoms with E-state index in [1.54, 1.807) is 0 Å². The lowest BCUT2D eigenvalue weighted by atomic mass is 10.2. The van der Waals surface area contributed by atoms with Crippen LogP contribution in [0, 0.1) is 0 Å². The summed E-state index contributed by atoms with van der Waals surface area (Å²) in [4.78, 5) is 3.84. The molecule has 0 unspecified atom stereocenters. The Balaban J connectivity index is 2.28. The highest BCUT2D eigenvalue weighted by Crippen LogP contribution is 2.19. The van der Waals surface area contributed by atoms with Gasteiger partial charge < -0.3 is 15.6 Å². The highest BCUT2D eigenvalue weighted by molar-refractivity contribution is 5.51. The molecule has 1 rings (SSSR count). The highest BCUT2D eigenvalue weighted by Gasteiger charge is 2.22. The summed E-state index contributed by atoms with van der Waals surface area (Å²) in [5, 5.41) is 8.64. The van der Waals surface area contributed by atoms with E-state index in [0.717, 1.165) is 12.8 Å². The lowest BCUT2D eigenvalue weighted by Gasteiger charge is -2.05. The number of aliphatic hydroxyl groups is 1. The van der Waals surface area contributed by atoms with Crippen LogP contribution in [0.15, 0.2) is 4.99 Å². The van der Waals surface area contributed by atoms with Gasteiger partial charge in [-0.25, -0.2) is 4.99 Å². The van der Waals surface area contributed by atoms with Crippen LogP contribution in [0.4, 0.5) is 0 Å². The molecular weight excluding hydrogens is 132 g/mol. The van der Waals surface area contributed by atoms with Gasteiger partial charge in [0.25, 0.3) is 0 Å². The molecule has 0 saturated carbocycles. The third-order valence-corrected chi connectivity index (χ3v) is 1.54. The SMILES string of the molecule is NC=N[C@H]1CC[C@@H](CO)O1. The van der Waals surface area contributed by atoms with Crippen LogP contribution in [0.3, 0.4) is 0 Å². The fraction of sp³-hybridized carbons (Fsp3) is 0.833. The van der Waals surface area contributed by atoms with Crippen LogP contribution in [-0.2, 0) is 4.74 Å². The third-order valence-electron chi connectivity index (χ3n) is 1.54. The zero-order valence-electron chi connectivity index (χ0n) is 5.73. The second-order valence-electron chi connectivity index (χ2n) is 2.27. The number of nitrogens with zero attached hydrogens (tertiary/aromatic N) is 1. The fourth-order valence-corrected chi connectivity index (χ4v) is 1.03. The molecule has 0 amide bonds. The van der Waals surface area contributed by atoms with Crippen LogP contribution in [0.2, 0.25) is 0 Å². The molecule has 0 aromatic heterocycles. The molecule has 0 bridgehead atoms. The van der Waals surface area contributed by atoms with Gasteiger partial charge in [-0.2, -0.15) is 0 Å². The molecule has 58 valence electrons. The maximum absolute atomic E-state index is 8.64. The summed E-state index contributed by atoms with van der Waals surface area (Å²) in [7, 11) is 0. The van der Waals surface area contributed by atoms with E-state index in [1.165, 1.54) is 6.34 Å². The largest absolute Gasteiger partial charge is 0.394 e. The van der Waals surface area contributed by atoms with Crippen LogP contribution in [-0.4, -0.2) is 30.4 Å². The fourth-order valence-electron chi connectivity index (χ4n) is 1.03. The second-order valence-corrected chi connectivity index (χ2v) is 2.27. The van der Waals surface area contributed by atoms with Crippen molar-refractivity contribution in [1.29, 1.82) is 0 Å². The maximum atomic E-state index is 8.64. The van der Waals surface area contributed by atoms with Gasteiger partial charge in [-0.1, -0.05) is 0 Å². The molecule has 3 N–H and O–H groups in total. The molecule has 0 spiro atoms. The van der Waals surface area contributed by atoms with Crippen molar-refractivity contribution >= 4 is 6.34 Å². The Morgan fingerprint density at radius 3 is 3.00 bits per heavy atom. The van der Waals surface area contributed by atoms with Gasteiger partial charge in [0.2, 0.25) is 0 Å². The Hall–Kier alpha value is -0.610. The first-order chi connectivity index (χ1) is 4.86. The Morgan fingerprint density at radius 2 is 2.50 bits per heavy atom. The summed E-state index contributed by atoms with van der Waals surface area (Å²) in [6.45, 7) is 0.0800. The van der Waals surface area contributed by atoms with Crippen LogP contribution >= 0.6 is 0 Å². The summed E-state index contributed by atoms with van der Waals surface area (Å²) < 4.78 is 5.22. The van der Waals surface area contributed by atoms with E-state index in [9.17, 15) is 0 Å². The van der Waals surface area contributed by atoms with Crippen molar-refractivity contribution in [1.82, 2.24) is 0 Å². The van der Waals surface area contributed by atoms with Gasteiger partial charge in [0.15, 0.2) is 6.23 Å². The quantitative estimate of drug-likeness (QED) is 0.404. The number of aliphatic hydroxyl groups excluding tert-OH is 1. The van der Waals surface area contributed by atoms with E-state index in [0.29, 0.717) is 0 Å². The molecular formula is C6H12N2O2. The van der Waals surface area contributed by atoms with Gasteiger partial charge in [-0.15, -0.1) is 0 Å². The minimum Gasteiger partial charge on any atom is -0.394 e. The standard InChI is InChI=1S/C6H12N2O2/c7-4-8-6-2-1-5(3-9)10-6/h4-6,9H,1-3H2,(H2,7,8)/t5-,6+/m0/s1. The topological polar surface area (TPSA) is 67.8 Å². The smallest absolute Gasteiger partial charge is 0.150 e. The first-order valence-electron chi connectivity index (χ1n) is 3.36. The number of hydrogen-bond donors (Lipinski definition) is 2. The van der Waals surface area contributed by atoms with Gasteiger partial charge >= 0.3 is 0 Å². The number of rotatable bonds is 2. The van der Waals surface area contributed by atoms with Crippen molar-refractivity contribution < 1.29 is 9.84 Å². The second kappa shape index (κ2) is 3.53. The molecule has 1 heterocycles. The summed E-state index contributed by atoms with van der Waals surface area (Å²) >= 11 is 0. The summed E-state index contributed by atoms with van der Waals surface area (Å²) in [6.07, 6.45) is 2.82. The highest BCUT2D eigenvalue weighted by atomic mass is 16.5. The predicted molar refractivity (Wildman–Crippen MR) is 37.7 cm³/mol. The summed E-state index contributed by atoms with van der Waals surface area (Å²) in [6, 6.07) is 0. The number of nitrogens with two attached hydrogens (primary N) is 1. The summed E-state index contributed by atoms with van der Waals surface area (Å²) in [5.41, 5.74) is 5.06. The molecule has 0 radical (unpaired) electrons. The molecule has 1 saturated heterocycles. The van der Waals surface area contributed by atoms with Crippen LogP contribution in [0.1, 0.15) is 12.8 Å². The number of ether oxygens (including phenoxy) is 1. The van der Waals surface area contributed by atoms with E-state index >= 15 is 0 Å². The molecule has 4 heteroatoms. The molecule has 1 aliphatic rings. The van der Waals surface area contributed by atoms with Crippen molar-refractivity contribution in [3.05, 3.63) is 0 Å². The van der Waals surface area contributed by atoms with Crippen molar-refractivity contribution in [3.8, 4) is 0 Å². The predicted octanol–water partition coefficient (Wildman–Crippen LogP) is -0.529. The molecule has 1 fully saturated rings. The normalized spacial score (nSPS) is 33.7. The van der Waals surface area contributed by atoms with E-state index in [1.807, 2.05) is 0 Å². The minimum absolute atomic E-state index is 0.0336. The zero-order valence-corrected chi connectivity index (χ0v) is 5.73. The van der Waals surface area contributed by atoms with E-state index in [2.05, 4.69) is 4.99 Å². The first kappa shape index (κ1) is 7.50. The van der Waals surface area contributed by atoms with E-state index in [4.69, 9.17) is 15.6 Å². The molecule has 0 aromatic carbocycles. The van der Waals surface area contributed by atoms with Gasteiger partial charge in [0.1, 0.15) is 0 Å². The molecule has 0 aliphatic carbocycles. The van der Waals surface area contributed by atoms with E-state index < -0.39 is 0 Å². The monoisotopic (exact) mass is 144 g/mol. The molecule has 10 heavy (non-hydrogen) atoms. The Labute approximate surface area is 59.7 Å². The number of aliphatic imine (C=N–C) groups is 1. The van der Waals surface area contributed by atoms with Crippen LogP contribution in [0.25, 0.3) is 0 Å². The average Bonchev–Trinajstić information content (AvgIpc) is 2.37. The van der Waals surface area contributed by atoms with Crippen LogP contribution in [0.5, 0.6) is 0 Å². The first-order valence-corrected chi connectivity index (χ1v) is 3.36. The molecule has 2 atom stereocenters. The Bertz CT molecular complexity index is 127. The Morgan fingerprint density at radius 1 is 1.70 bits per heavy atom. The van der Waals surface area contributed by atoms with Gasteiger partial charge in [-0.3, -0.25) is 0 Å². The van der Waals surface area contributed by atoms with E-state index in [-0.39, 0.29) is 18.9 Å². The average molecular weight is 144 g/mol. The lowest BCUT2D eigenvalue weighted by molar-refractivity contribution is 0.0160.